The lowest BCUT2D eigenvalue weighted by molar-refractivity contribution is -0.236. The fraction of sp³-hybridized carbons (Fsp3) is 0.767. The number of aliphatic hydroxyl groups excluding tert-OH is 1. The Hall–Kier alpha value is -2.40. The van der Waals surface area contributed by atoms with E-state index in [1.165, 1.54) is 26.2 Å². The highest BCUT2D eigenvalue weighted by molar-refractivity contribution is 6.01. The largest absolute Gasteiger partial charge is 0.509 e. The highest BCUT2D eigenvalue weighted by atomic mass is 19.1. The van der Waals surface area contributed by atoms with Crippen LogP contribution in [0.3, 0.4) is 0 Å². The highest BCUT2D eigenvalue weighted by Gasteiger charge is 2.79. The van der Waals surface area contributed by atoms with Gasteiger partial charge in [-0.1, -0.05) is 26.3 Å². The number of ether oxygens (including phenoxy) is 4. The molecule has 0 amide bonds. The van der Waals surface area contributed by atoms with Gasteiger partial charge in [-0.15, -0.1) is 0 Å². The number of carbonyl (C=O) groups is 3. The van der Waals surface area contributed by atoms with Crippen LogP contribution in [-0.2, 0) is 28.5 Å². The number of hydrogen-bond donors (Lipinski definition) is 1. The van der Waals surface area contributed by atoms with Gasteiger partial charge >= 0.3 is 12.1 Å². The molecule has 228 valence electrons. The van der Waals surface area contributed by atoms with Crippen molar-refractivity contribution >= 4 is 17.9 Å². The van der Waals surface area contributed by atoms with Crippen LogP contribution in [0.2, 0.25) is 0 Å². The number of fused-ring (bicyclic) bond motifs is 5. The van der Waals surface area contributed by atoms with Gasteiger partial charge in [-0.3, -0.25) is 4.79 Å². The van der Waals surface area contributed by atoms with Crippen LogP contribution in [0.1, 0.15) is 65.7 Å². The van der Waals surface area contributed by atoms with Crippen LogP contribution >= 0.6 is 0 Å². The predicted octanol–water partition coefficient (Wildman–Crippen LogP) is 4.87. The molecule has 5 rings (SSSR count). The van der Waals surface area contributed by atoms with Crippen molar-refractivity contribution in [2.75, 3.05) is 14.0 Å². The van der Waals surface area contributed by atoms with Gasteiger partial charge in [0.25, 0.3) is 0 Å². The maximum Gasteiger partial charge on any atom is 0.509 e. The van der Waals surface area contributed by atoms with E-state index in [2.05, 4.69) is 0 Å². The minimum absolute atomic E-state index is 0.0273. The Balaban J connectivity index is 1.54. The molecule has 5 aliphatic carbocycles. The molecule has 0 spiro atoms. The number of methoxy groups -OCH3 is 1. The third-order valence-corrected chi connectivity index (χ3v) is 11.1. The number of alkyl halides is 3. The lowest BCUT2D eigenvalue weighted by atomic mass is 9.44. The Morgan fingerprint density at radius 3 is 2.46 bits per heavy atom. The molecule has 0 bridgehead atoms. The molecule has 0 aromatic heterocycles. The second-order valence-corrected chi connectivity index (χ2v) is 12.8. The van der Waals surface area contributed by atoms with Crippen LogP contribution in [0.4, 0.5) is 18.0 Å². The number of ketones is 1. The summed E-state index contributed by atoms with van der Waals surface area (Å²) in [4.78, 5) is 39.0. The highest BCUT2D eigenvalue weighted by Crippen LogP contribution is 2.71. The molecule has 11 atom stereocenters. The first-order chi connectivity index (χ1) is 19.3. The van der Waals surface area contributed by atoms with Crippen molar-refractivity contribution in [1.29, 1.82) is 0 Å². The second kappa shape index (κ2) is 10.4. The standard InChI is InChI=1S/C30H39F3O8/c1-16-11-18-19-13-21(32)20-12-17(34)9-10-27(20,2)29(19,33)24(35)14-28(18,3)30(16,25(36)39-15-31)41-26(37)40-23-8-6-5-7-22(23)38-4/h9-10,12,16,18-19,21-24,35H,5-8,11,13-15H2,1-4H3/t16-,18+,19+,21+,22?,23?,24+,27+,28+,29?,30-/m1/s1. The summed E-state index contributed by atoms with van der Waals surface area (Å²) < 4.78 is 68.4. The number of esters is 1. The molecular formula is C30H39F3O8. The quantitative estimate of drug-likeness (QED) is 0.456. The van der Waals surface area contributed by atoms with Crippen molar-refractivity contribution in [1.82, 2.24) is 0 Å². The van der Waals surface area contributed by atoms with Crippen molar-refractivity contribution in [3.8, 4) is 0 Å². The van der Waals surface area contributed by atoms with Gasteiger partial charge < -0.3 is 24.1 Å². The van der Waals surface area contributed by atoms with Gasteiger partial charge in [0.05, 0.1) is 12.2 Å². The van der Waals surface area contributed by atoms with Gasteiger partial charge in [0.15, 0.2) is 11.5 Å². The monoisotopic (exact) mass is 584 g/mol. The number of halogens is 3. The molecule has 5 aliphatic rings. The molecule has 0 aromatic carbocycles. The topological polar surface area (TPSA) is 108 Å². The number of rotatable bonds is 5. The van der Waals surface area contributed by atoms with Crippen molar-refractivity contribution in [3.63, 3.8) is 0 Å². The SMILES string of the molecule is COC1CCCCC1OC(=O)O[C@@]1(C(=O)OCF)[C@H](C)C[C@H]2[C@@H]3C[C@H](F)C4=CC(=O)C=C[C@]4(C)C3(F)[C@@H](O)C[C@@]21C. The normalized spacial score (nSPS) is 47.0. The zero-order valence-corrected chi connectivity index (χ0v) is 23.9. The Bertz CT molecular complexity index is 1160. The summed E-state index contributed by atoms with van der Waals surface area (Å²) in [5.74, 6) is -4.32. The molecule has 8 nitrogen and oxygen atoms in total. The molecule has 3 unspecified atom stereocenters. The van der Waals surface area contributed by atoms with Gasteiger partial charge in [-0.25, -0.2) is 22.8 Å². The van der Waals surface area contributed by atoms with Gasteiger partial charge in [0.2, 0.25) is 12.5 Å². The molecule has 1 N–H and O–H groups in total. The average Bonchev–Trinajstić information content (AvgIpc) is 3.14. The smallest absolute Gasteiger partial charge is 0.431 e. The summed E-state index contributed by atoms with van der Waals surface area (Å²) in [6.45, 7) is 3.18. The van der Waals surface area contributed by atoms with Crippen LogP contribution in [0.5, 0.6) is 0 Å². The van der Waals surface area contributed by atoms with E-state index in [0.717, 1.165) is 18.9 Å². The number of allylic oxidation sites excluding steroid dienone is 4. The van der Waals surface area contributed by atoms with Crippen LogP contribution in [-0.4, -0.2) is 72.7 Å². The number of hydrogen-bond acceptors (Lipinski definition) is 8. The zero-order chi connectivity index (χ0) is 30.0. The van der Waals surface area contributed by atoms with Crippen LogP contribution in [0.25, 0.3) is 0 Å². The Morgan fingerprint density at radius 1 is 1.12 bits per heavy atom. The van der Waals surface area contributed by atoms with E-state index in [4.69, 9.17) is 18.9 Å². The molecule has 0 saturated heterocycles. The minimum atomic E-state index is -2.39. The van der Waals surface area contributed by atoms with Crippen LogP contribution in [0, 0.1) is 28.6 Å². The van der Waals surface area contributed by atoms with Crippen molar-refractivity contribution in [2.24, 2.45) is 28.6 Å². The third-order valence-electron chi connectivity index (χ3n) is 11.1. The molecule has 0 aromatic rings. The summed E-state index contributed by atoms with van der Waals surface area (Å²) in [5.41, 5.74) is -7.64. The van der Waals surface area contributed by atoms with E-state index >= 15 is 8.78 Å². The summed E-state index contributed by atoms with van der Waals surface area (Å²) in [5, 5.41) is 11.6. The molecular weight excluding hydrogens is 545 g/mol. The van der Waals surface area contributed by atoms with Gasteiger partial charge in [0.1, 0.15) is 12.3 Å². The molecule has 4 saturated carbocycles. The fourth-order valence-electron chi connectivity index (χ4n) is 9.12. The predicted molar refractivity (Wildman–Crippen MR) is 139 cm³/mol. The van der Waals surface area contributed by atoms with E-state index in [1.807, 2.05) is 0 Å². The van der Waals surface area contributed by atoms with Crippen molar-refractivity contribution in [2.45, 2.75) is 101 Å². The van der Waals surface area contributed by atoms with Crippen LogP contribution < -0.4 is 0 Å². The van der Waals surface area contributed by atoms with E-state index in [-0.39, 0.29) is 30.9 Å². The minimum Gasteiger partial charge on any atom is -0.431 e. The van der Waals surface area contributed by atoms with E-state index in [9.17, 15) is 23.9 Å². The maximum absolute atomic E-state index is 17.5. The van der Waals surface area contributed by atoms with Gasteiger partial charge in [-0.2, -0.15) is 0 Å². The summed E-state index contributed by atoms with van der Waals surface area (Å²) in [6.07, 6.45) is 0.319. The van der Waals surface area contributed by atoms with Gasteiger partial charge in [-0.05, 0) is 69.1 Å². The van der Waals surface area contributed by atoms with Crippen LogP contribution in [0.15, 0.2) is 23.8 Å². The summed E-state index contributed by atoms with van der Waals surface area (Å²) in [7, 11) is 1.51. The summed E-state index contributed by atoms with van der Waals surface area (Å²) >= 11 is 0. The molecule has 0 heterocycles. The first kappa shape index (κ1) is 30.1. The average molecular weight is 585 g/mol. The first-order valence-corrected chi connectivity index (χ1v) is 14.4. The molecule has 11 heteroatoms. The van der Waals surface area contributed by atoms with E-state index in [0.29, 0.717) is 12.8 Å². The lowest BCUT2D eigenvalue weighted by Gasteiger charge is -2.62. The Labute approximate surface area is 237 Å². The van der Waals surface area contributed by atoms with Crippen molar-refractivity contribution < 1.29 is 51.6 Å². The second-order valence-electron chi connectivity index (χ2n) is 12.8. The molecule has 41 heavy (non-hydrogen) atoms. The Morgan fingerprint density at radius 2 is 1.80 bits per heavy atom. The van der Waals surface area contributed by atoms with E-state index in [1.54, 1.807) is 13.8 Å². The molecule has 4 fully saturated rings. The zero-order valence-electron chi connectivity index (χ0n) is 23.9. The lowest BCUT2D eigenvalue weighted by Crippen LogP contribution is -2.71. The maximum atomic E-state index is 17.5. The molecule has 0 aliphatic heterocycles. The summed E-state index contributed by atoms with van der Waals surface area (Å²) in [6, 6.07) is 0. The number of aliphatic hydroxyl groups is 1. The van der Waals surface area contributed by atoms with E-state index < -0.39 is 83.0 Å². The fourth-order valence-corrected chi connectivity index (χ4v) is 9.12. The third kappa shape index (κ3) is 4.12. The Kier molecular flexibility index (Phi) is 7.63. The molecule has 0 radical (unpaired) electrons. The first-order valence-electron chi connectivity index (χ1n) is 14.4. The van der Waals surface area contributed by atoms with Crippen molar-refractivity contribution in [3.05, 3.63) is 23.8 Å². The van der Waals surface area contributed by atoms with Gasteiger partial charge in [0, 0.05) is 29.8 Å². The number of carbonyl (C=O) groups excluding carboxylic acids is 3.